The molecule has 0 radical (unpaired) electrons. The maximum atomic E-state index is 13.4. The molecule has 0 aromatic heterocycles. The van der Waals surface area contributed by atoms with Gasteiger partial charge < -0.3 is 10.1 Å². The van der Waals surface area contributed by atoms with Crippen LogP contribution in [-0.2, 0) is 0 Å². The molecule has 1 atom stereocenters. The van der Waals surface area contributed by atoms with E-state index in [2.05, 4.69) is 50.4 Å². The van der Waals surface area contributed by atoms with Crippen LogP contribution in [0.5, 0.6) is 5.75 Å². The average molecular weight is 388 g/mol. The monoisotopic (exact) mass is 387 g/mol. The number of benzene rings is 3. The zero-order chi connectivity index (χ0) is 21.0. The zero-order valence-corrected chi connectivity index (χ0v) is 17.8. The summed E-state index contributed by atoms with van der Waals surface area (Å²) in [5.74, 6) is 1.01. The third-order valence-corrected chi connectivity index (χ3v) is 5.35. The number of amides is 1. The number of aryl methyl sites for hydroxylation is 2. The van der Waals surface area contributed by atoms with E-state index in [0.717, 1.165) is 33.6 Å². The molecule has 3 heteroatoms. The molecule has 3 aromatic carbocycles. The van der Waals surface area contributed by atoms with Gasteiger partial charge in [-0.3, -0.25) is 4.79 Å². The molecular formula is C26H29NO2. The van der Waals surface area contributed by atoms with Crippen LogP contribution in [0, 0.1) is 13.8 Å². The molecule has 0 bridgehead atoms. The van der Waals surface area contributed by atoms with E-state index in [4.69, 9.17) is 4.74 Å². The van der Waals surface area contributed by atoms with Crippen molar-refractivity contribution in [2.45, 2.75) is 39.7 Å². The number of ether oxygens (including phenoxy) is 1. The number of hydrogen-bond donors (Lipinski definition) is 1. The first-order valence-electron chi connectivity index (χ1n) is 10.0. The standard InChI is InChI=1S/C26H29NO2/c1-17(2)22-16-23(19(4)15-24(22)29-5)26(28)27-25(20-12-7-6-8-13-20)21-14-10-9-11-18(21)3/h6-17,25H,1-5H3,(H,27,28)/t25-/m0/s1. The highest BCUT2D eigenvalue weighted by molar-refractivity contribution is 5.96. The van der Waals surface area contributed by atoms with Crippen LogP contribution in [0.1, 0.15) is 64.0 Å². The Hall–Kier alpha value is -3.07. The molecule has 0 aliphatic heterocycles. The number of carbonyl (C=O) groups is 1. The summed E-state index contributed by atoms with van der Waals surface area (Å²) in [6.07, 6.45) is 0. The summed E-state index contributed by atoms with van der Waals surface area (Å²) in [6, 6.07) is 22.0. The topological polar surface area (TPSA) is 38.3 Å². The second-order valence-corrected chi connectivity index (χ2v) is 7.74. The first kappa shape index (κ1) is 20.7. The molecule has 3 aromatic rings. The highest BCUT2D eigenvalue weighted by Crippen LogP contribution is 2.31. The van der Waals surface area contributed by atoms with Crippen LogP contribution in [0.15, 0.2) is 66.7 Å². The normalized spacial score (nSPS) is 11.9. The molecule has 3 rings (SSSR count). The van der Waals surface area contributed by atoms with Gasteiger partial charge in [0.1, 0.15) is 5.75 Å². The summed E-state index contributed by atoms with van der Waals surface area (Å²) < 4.78 is 5.53. The molecule has 150 valence electrons. The Labute approximate surface area is 173 Å². The predicted octanol–water partition coefficient (Wildman–Crippen LogP) is 5.95. The fraction of sp³-hybridized carbons (Fsp3) is 0.269. The molecule has 0 fully saturated rings. The first-order chi connectivity index (χ1) is 13.9. The fourth-order valence-corrected chi connectivity index (χ4v) is 3.68. The SMILES string of the molecule is COc1cc(C)c(C(=O)N[C@@H](c2ccccc2)c2ccccc2C)cc1C(C)C. The lowest BCUT2D eigenvalue weighted by Gasteiger charge is -2.23. The van der Waals surface area contributed by atoms with Crippen molar-refractivity contribution in [1.29, 1.82) is 0 Å². The Morgan fingerprint density at radius 1 is 0.862 bits per heavy atom. The molecule has 3 nitrogen and oxygen atoms in total. The molecule has 0 unspecified atom stereocenters. The molecule has 0 aliphatic carbocycles. The summed E-state index contributed by atoms with van der Waals surface area (Å²) in [7, 11) is 1.67. The average Bonchev–Trinajstić information content (AvgIpc) is 2.72. The number of hydrogen-bond acceptors (Lipinski definition) is 2. The van der Waals surface area contributed by atoms with Crippen molar-refractivity contribution < 1.29 is 9.53 Å². The summed E-state index contributed by atoms with van der Waals surface area (Å²) in [6.45, 7) is 8.24. The minimum Gasteiger partial charge on any atom is -0.496 e. The van der Waals surface area contributed by atoms with Gasteiger partial charge in [-0.15, -0.1) is 0 Å². The predicted molar refractivity (Wildman–Crippen MR) is 119 cm³/mol. The van der Waals surface area contributed by atoms with Gasteiger partial charge in [-0.2, -0.15) is 0 Å². The van der Waals surface area contributed by atoms with Crippen molar-refractivity contribution in [1.82, 2.24) is 5.32 Å². The summed E-state index contributed by atoms with van der Waals surface area (Å²) in [5.41, 5.74) is 5.93. The number of rotatable bonds is 6. The highest BCUT2D eigenvalue weighted by atomic mass is 16.5. The van der Waals surface area contributed by atoms with Gasteiger partial charge in [-0.25, -0.2) is 0 Å². The Morgan fingerprint density at radius 2 is 1.52 bits per heavy atom. The second kappa shape index (κ2) is 8.95. The van der Waals surface area contributed by atoms with Crippen molar-refractivity contribution in [2.75, 3.05) is 7.11 Å². The lowest BCUT2D eigenvalue weighted by atomic mass is 9.93. The molecule has 0 aliphatic rings. The Morgan fingerprint density at radius 3 is 2.14 bits per heavy atom. The van der Waals surface area contributed by atoms with E-state index < -0.39 is 0 Å². The van der Waals surface area contributed by atoms with Crippen LogP contribution >= 0.6 is 0 Å². The van der Waals surface area contributed by atoms with Gasteiger partial charge in [0.25, 0.3) is 5.91 Å². The van der Waals surface area contributed by atoms with Crippen molar-refractivity contribution in [3.05, 3.63) is 100 Å². The maximum Gasteiger partial charge on any atom is 0.252 e. The Kier molecular flexibility index (Phi) is 6.38. The van der Waals surface area contributed by atoms with Crippen molar-refractivity contribution >= 4 is 5.91 Å². The van der Waals surface area contributed by atoms with E-state index in [1.54, 1.807) is 7.11 Å². The maximum absolute atomic E-state index is 13.4. The lowest BCUT2D eigenvalue weighted by Crippen LogP contribution is -2.30. The van der Waals surface area contributed by atoms with E-state index >= 15 is 0 Å². The molecule has 0 spiro atoms. The third-order valence-electron chi connectivity index (χ3n) is 5.35. The van der Waals surface area contributed by atoms with Crippen LogP contribution in [0.4, 0.5) is 0 Å². The van der Waals surface area contributed by atoms with Gasteiger partial charge in [0, 0.05) is 5.56 Å². The van der Waals surface area contributed by atoms with Crippen molar-refractivity contribution in [2.24, 2.45) is 0 Å². The third kappa shape index (κ3) is 4.51. The van der Waals surface area contributed by atoms with E-state index in [1.165, 1.54) is 0 Å². The van der Waals surface area contributed by atoms with Crippen LogP contribution < -0.4 is 10.1 Å². The summed E-state index contributed by atoms with van der Waals surface area (Å²) in [5, 5.41) is 3.27. The smallest absolute Gasteiger partial charge is 0.252 e. The van der Waals surface area contributed by atoms with Gasteiger partial charge in [-0.05, 0) is 59.7 Å². The zero-order valence-electron chi connectivity index (χ0n) is 17.8. The second-order valence-electron chi connectivity index (χ2n) is 7.74. The van der Waals surface area contributed by atoms with Crippen LogP contribution in [0.3, 0.4) is 0 Å². The number of methoxy groups -OCH3 is 1. The Balaban J connectivity index is 2.02. The van der Waals surface area contributed by atoms with Gasteiger partial charge >= 0.3 is 0 Å². The van der Waals surface area contributed by atoms with Crippen LogP contribution in [0.2, 0.25) is 0 Å². The highest BCUT2D eigenvalue weighted by Gasteiger charge is 2.22. The van der Waals surface area contributed by atoms with Gasteiger partial charge in [-0.1, -0.05) is 68.4 Å². The quantitative estimate of drug-likeness (QED) is 0.567. The largest absolute Gasteiger partial charge is 0.496 e. The molecule has 29 heavy (non-hydrogen) atoms. The number of nitrogens with one attached hydrogen (secondary N) is 1. The molecular weight excluding hydrogens is 358 g/mol. The molecule has 1 amide bonds. The van der Waals surface area contributed by atoms with Crippen LogP contribution in [-0.4, -0.2) is 13.0 Å². The molecule has 1 N–H and O–H groups in total. The summed E-state index contributed by atoms with van der Waals surface area (Å²) in [4.78, 5) is 13.4. The minimum atomic E-state index is -0.214. The minimum absolute atomic E-state index is 0.0795. The molecule has 0 saturated carbocycles. The van der Waals surface area contributed by atoms with E-state index in [-0.39, 0.29) is 17.9 Å². The molecule has 0 heterocycles. The Bertz CT molecular complexity index is 993. The number of carbonyl (C=O) groups excluding carboxylic acids is 1. The van der Waals surface area contributed by atoms with Gasteiger partial charge in [0.2, 0.25) is 0 Å². The fourth-order valence-electron chi connectivity index (χ4n) is 3.68. The summed E-state index contributed by atoms with van der Waals surface area (Å²) >= 11 is 0. The van der Waals surface area contributed by atoms with Crippen molar-refractivity contribution in [3.8, 4) is 5.75 Å². The molecule has 0 saturated heterocycles. The van der Waals surface area contributed by atoms with Crippen molar-refractivity contribution in [3.63, 3.8) is 0 Å². The van der Waals surface area contributed by atoms with E-state index in [1.807, 2.05) is 49.4 Å². The van der Waals surface area contributed by atoms with E-state index in [0.29, 0.717) is 5.56 Å². The van der Waals surface area contributed by atoms with Gasteiger partial charge in [0.15, 0.2) is 0 Å². The van der Waals surface area contributed by atoms with Crippen LogP contribution in [0.25, 0.3) is 0 Å². The lowest BCUT2D eigenvalue weighted by molar-refractivity contribution is 0.0942. The van der Waals surface area contributed by atoms with E-state index in [9.17, 15) is 4.79 Å². The van der Waals surface area contributed by atoms with Gasteiger partial charge in [0.05, 0.1) is 13.2 Å². The first-order valence-corrected chi connectivity index (χ1v) is 10.0.